The Morgan fingerprint density at radius 1 is 1.35 bits per heavy atom. The zero-order chi connectivity index (χ0) is 21.7. The maximum absolute atomic E-state index is 14.9. The Balaban J connectivity index is 1.42. The van der Waals surface area contributed by atoms with Crippen LogP contribution in [0.5, 0.6) is 0 Å². The summed E-state index contributed by atoms with van der Waals surface area (Å²) in [5, 5.41) is 11.3. The zero-order valence-corrected chi connectivity index (χ0v) is 17.9. The highest BCUT2D eigenvalue weighted by atomic mass is 19.1. The molecule has 0 saturated carbocycles. The van der Waals surface area contributed by atoms with Crippen LogP contribution < -0.4 is 20.4 Å². The fourth-order valence-electron chi connectivity index (χ4n) is 4.62. The number of urea groups is 1. The molecule has 0 radical (unpaired) electrons. The summed E-state index contributed by atoms with van der Waals surface area (Å²) in [5.41, 5.74) is 3.38. The molecular weight excluding hydrogens is 397 g/mol. The maximum Gasteiger partial charge on any atom is 0.327 e. The minimum atomic E-state index is -0.463. The van der Waals surface area contributed by atoms with Gasteiger partial charge in [-0.2, -0.15) is 5.10 Å². The molecule has 0 spiro atoms. The van der Waals surface area contributed by atoms with Gasteiger partial charge in [0.15, 0.2) is 5.82 Å². The van der Waals surface area contributed by atoms with Gasteiger partial charge in [-0.05, 0) is 32.4 Å². The minimum Gasteiger partial charge on any atom is -0.368 e. The van der Waals surface area contributed by atoms with Gasteiger partial charge in [0.25, 0.3) is 0 Å². The molecule has 162 valence electrons. The van der Waals surface area contributed by atoms with Crippen LogP contribution in [0.15, 0.2) is 24.5 Å². The van der Waals surface area contributed by atoms with Crippen molar-refractivity contribution in [2.75, 3.05) is 41.3 Å². The standard InChI is InChI=1S/C22H26FN7O/c1-13-11-29(9-7-24-13)18-4-6-25-21-16(18)5-8-30(21)22(31)26-17-10-15-12-28(3)27-20(15)14(2)19(17)23/h4,6,10,12-13,24H,5,7-9,11H2,1-3H3,(H,26,31)/t13-/m1/s1. The van der Waals surface area contributed by atoms with Crippen molar-refractivity contribution in [1.82, 2.24) is 20.1 Å². The lowest BCUT2D eigenvalue weighted by atomic mass is 10.1. The normalized spacial score (nSPS) is 18.5. The largest absolute Gasteiger partial charge is 0.368 e. The number of anilines is 3. The van der Waals surface area contributed by atoms with Gasteiger partial charge < -0.3 is 15.5 Å². The van der Waals surface area contributed by atoms with E-state index < -0.39 is 5.82 Å². The third kappa shape index (κ3) is 3.38. The molecule has 2 aromatic heterocycles. The molecule has 0 unspecified atom stereocenters. The summed E-state index contributed by atoms with van der Waals surface area (Å²) in [7, 11) is 1.79. The summed E-state index contributed by atoms with van der Waals surface area (Å²) in [4.78, 5) is 21.5. The predicted octanol–water partition coefficient (Wildman–Crippen LogP) is 2.81. The van der Waals surface area contributed by atoms with E-state index in [1.165, 1.54) is 0 Å². The number of amides is 2. The number of pyridine rings is 1. The van der Waals surface area contributed by atoms with E-state index in [0.717, 1.165) is 42.7 Å². The van der Waals surface area contributed by atoms with E-state index in [2.05, 4.69) is 32.5 Å². The molecule has 3 aromatic rings. The van der Waals surface area contributed by atoms with Crippen LogP contribution in [0.1, 0.15) is 18.1 Å². The lowest BCUT2D eigenvalue weighted by molar-refractivity contribution is 0.257. The minimum absolute atomic E-state index is 0.156. The molecule has 8 nitrogen and oxygen atoms in total. The molecule has 1 atom stereocenters. The van der Waals surface area contributed by atoms with Gasteiger partial charge >= 0.3 is 6.03 Å². The van der Waals surface area contributed by atoms with Crippen LogP contribution in [0, 0.1) is 12.7 Å². The van der Waals surface area contributed by atoms with Crippen molar-refractivity contribution in [2.24, 2.45) is 7.05 Å². The number of fused-ring (bicyclic) bond motifs is 2. The van der Waals surface area contributed by atoms with E-state index in [0.29, 0.717) is 29.5 Å². The Kier molecular flexibility index (Phi) is 4.77. The van der Waals surface area contributed by atoms with Crippen molar-refractivity contribution in [1.29, 1.82) is 0 Å². The van der Waals surface area contributed by atoms with Crippen LogP contribution in [0.25, 0.3) is 10.9 Å². The molecule has 0 aliphatic carbocycles. The van der Waals surface area contributed by atoms with E-state index in [4.69, 9.17) is 0 Å². The predicted molar refractivity (Wildman–Crippen MR) is 119 cm³/mol. The Morgan fingerprint density at radius 3 is 3.00 bits per heavy atom. The molecule has 2 aliphatic rings. The van der Waals surface area contributed by atoms with Gasteiger partial charge in [-0.3, -0.25) is 9.58 Å². The molecule has 5 rings (SSSR count). The second kappa shape index (κ2) is 7.49. The van der Waals surface area contributed by atoms with Crippen molar-refractivity contribution in [3.63, 3.8) is 0 Å². The van der Waals surface area contributed by atoms with Crippen LogP contribution in [-0.4, -0.2) is 53.0 Å². The molecule has 1 fully saturated rings. The molecule has 2 amide bonds. The summed E-state index contributed by atoms with van der Waals surface area (Å²) in [6, 6.07) is 3.69. The molecule has 1 saturated heterocycles. The number of piperazine rings is 1. The third-order valence-electron chi connectivity index (χ3n) is 6.12. The molecule has 2 N–H and O–H groups in total. The first-order valence-corrected chi connectivity index (χ1v) is 10.6. The van der Waals surface area contributed by atoms with Crippen molar-refractivity contribution in [3.8, 4) is 0 Å². The van der Waals surface area contributed by atoms with Gasteiger partial charge in [0, 0.05) is 73.9 Å². The Hall–Kier alpha value is -3.20. The Bertz CT molecular complexity index is 1170. The first kappa shape index (κ1) is 19.7. The summed E-state index contributed by atoms with van der Waals surface area (Å²) in [6.07, 6.45) is 4.29. The second-order valence-corrected chi connectivity index (χ2v) is 8.37. The molecular formula is C22H26FN7O. The smallest absolute Gasteiger partial charge is 0.327 e. The second-order valence-electron chi connectivity index (χ2n) is 8.37. The van der Waals surface area contributed by atoms with Crippen molar-refractivity contribution in [3.05, 3.63) is 41.5 Å². The number of aryl methyl sites for hydroxylation is 2. The molecule has 4 heterocycles. The number of hydrogen-bond donors (Lipinski definition) is 2. The van der Waals surface area contributed by atoms with E-state index in [9.17, 15) is 9.18 Å². The number of carbonyl (C=O) groups excluding carboxylic acids is 1. The average molecular weight is 423 g/mol. The molecule has 9 heteroatoms. The lowest BCUT2D eigenvalue weighted by Gasteiger charge is -2.34. The van der Waals surface area contributed by atoms with Gasteiger partial charge in [-0.1, -0.05) is 0 Å². The van der Waals surface area contributed by atoms with Gasteiger partial charge in [0.2, 0.25) is 0 Å². The number of nitrogens with one attached hydrogen (secondary N) is 2. The Labute approximate surface area is 180 Å². The Morgan fingerprint density at radius 2 is 2.19 bits per heavy atom. The fraction of sp³-hybridized carbons (Fsp3) is 0.409. The third-order valence-corrected chi connectivity index (χ3v) is 6.12. The van der Waals surface area contributed by atoms with Crippen molar-refractivity contribution < 1.29 is 9.18 Å². The van der Waals surface area contributed by atoms with Crippen LogP contribution in [0.4, 0.5) is 26.4 Å². The number of carbonyl (C=O) groups is 1. The van der Waals surface area contributed by atoms with Crippen molar-refractivity contribution in [2.45, 2.75) is 26.3 Å². The van der Waals surface area contributed by atoms with Crippen LogP contribution >= 0.6 is 0 Å². The summed E-state index contributed by atoms with van der Waals surface area (Å²) in [6.45, 7) is 7.12. The number of nitrogens with zero attached hydrogens (tertiary/aromatic N) is 5. The monoisotopic (exact) mass is 423 g/mol. The van der Waals surface area contributed by atoms with Crippen molar-refractivity contribution >= 4 is 34.1 Å². The quantitative estimate of drug-likeness (QED) is 0.663. The molecule has 2 aliphatic heterocycles. The van der Waals surface area contributed by atoms with E-state index >= 15 is 0 Å². The number of benzene rings is 1. The van der Waals surface area contributed by atoms with Gasteiger partial charge in [0.1, 0.15) is 5.82 Å². The first-order chi connectivity index (χ1) is 14.9. The first-order valence-electron chi connectivity index (χ1n) is 10.6. The van der Waals surface area contributed by atoms with E-state index in [-0.39, 0.29) is 11.7 Å². The summed E-state index contributed by atoms with van der Waals surface area (Å²) < 4.78 is 16.6. The average Bonchev–Trinajstić information content (AvgIpc) is 3.35. The van der Waals surface area contributed by atoms with Crippen LogP contribution in [0.2, 0.25) is 0 Å². The summed E-state index contributed by atoms with van der Waals surface area (Å²) >= 11 is 0. The molecule has 31 heavy (non-hydrogen) atoms. The SMILES string of the molecule is Cc1c(F)c(NC(=O)N2CCc3c(N4CCN[C@H](C)C4)ccnc32)cc2cn(C)nc12. The van der Waals surface area contributed by atoms with E-state index in [1.807, 2.05) is 12.3 Å². The highest BCUT2D eigenvalue weighted by Gasteiger charge is 2.31. The van der Waals surface area contributed by atoms with Crippen LogP contribution in [-0.2, 0) is 13.5 Å². The highest BCUT2D eigenvalue weighted by molar-refractivity contribution is 6.04. The molecule has 0 bridgehead atoms. The van der Waals surface area contributed by atoms with Gasteiger partial charge in [-0.15, -0.1) is 0 Å². The number of rotatable bonds is 2. The van der Waals surface area contributed by atoms with Gasteiger partial charge in [-0.25, -0.2) is 14.2 Å². The maximum atomic E-state index is 14.9. The molecule has 1 aromatic carbocycles. The fourth-order valence-corrected chi connectivity index (χ4v) is 4.62. The zero-order valence-electron chi connectivity index (χ0n) is 17.9. The number of aromatic nitrogens is 3. The van der Waals surface area contributed by atoms with Gasteiger partial charge in [0.05, 0.1) is 11.2 Å². The van der Waals surface area contributed by atoms with E-state index in [1.54, 1.807) is 35.8 Å². The topological polar surface area (TPSA) is 78.3 Å². The summed E-state index contributed by atoms with van der Waals surface area (Å²) in [5.74, 6) is 0.191. The number of halogens is 1. The highest BCUT2D eigenvalue weighted by Crippen LogP contribution is 2.35. The van der Waals surface area contributed by atoms with Crippen LogP contribution in [0.3, 0.4) is 0 Å². The number of hydrogen-bond acceptors (Lipinski definition) is 5. The lowest BCUT2D eigenvalue weighted by Crippen LogP contribution is -2.49.